The zero-order valence-electron chi connectivity index (χ0n) is 10.8. The highest BCUT2D eigenvalue weighted by Crippen LogP contribution is 2.31. The number of furan rings is 1. The largest absolute Gasteiger partial charge is 0.458 e. The number of aliphatic hydroxyl groups excluding tert-OH is 1. The number of rotatable bonds is 3. The Kier molecular flexibility index (Phi) is 3.93. The van der Waals surface area contributed by atoms with Crippen LogP contribution in [-0.2, 0) is 0 Å². The van der Waals surface area contributed by atoms with Crippen LogP contribution in [0, 0.1) is 13.8 Å². The zero-order chi connectivity index (χ0) is 13.3. The van der Waals surface area contributed by atoms with E-state index in [0.717, 1.165) is 15.8 Å². The standard InChI is InChI=1S/C15H17BrO2/c1-4-12(17)14-6-5-13(18-14)11-7-9(2)15(16)10(3)8-11/h5-8,12,17H,4H2,1-3H3. The monoisotopic (exact) mass is 308 g/mol. The second-order valence-electron chi connectivity index (χ2n) is 4.55. The second kappa shape index (κ2) is 5.29. The third kappa shape index (κ3) is 2.52. The third-order valence-corrected chi connectivity index (χ3v) is 4.31. The Morgan fingerprint density at radius 3 is 2.39 bits per heavy atom. The number of benzene rings is 1. The van der Waals surface area contributed by atoms with Crippen molar-refractivity contribution in [3.63, 3.8) is 0 Å². The van der Waals surface area contributed by atoms with Gasteiger partial charge in [-0.3, -0.25) is 0 Å². The van der Waals surface area contributed by atoms with Gasteiger partial charge in [0.1, 0.15) is 17.6 Å². The van der Waals surface area contributed by atoms with Crippen molar-refractivity contribution in [2.45, 2.75) is 33.3 Å². The van der Waals surface area contributed by atoms with E-state index < -0.39 is 6.10 Å². The van der Waals surface area contributed by atoms with Crippen molar-refractivity contribution in [2.24, 2.45) is 0 Å². The molecule has 18 heavy (non-hydrogen) atoms. The summed E-state index contributed by atoms with van der Waals surface area (Å²) in [4.78, 5) is 0. The van der Waals surface area contributed by atoms with Gasteiger partial charge >= 0.3 is 0 Å². The van der Waals surface area contributed by atoms with Crippen LogP contribution in [0.5, 0.6) is 0 Å². The molecule has 2 aromatic rings. The number of aliphatic hydroxyl groups is 1. The maximum Gasteiger partial charge on any atom is 0.134 e. The van der Waals surface area contributed by atoms with E-state index in [-0.39, 0.29) is 0 Å². The van der Waals surface area contributed by atoms with Gasteiger partial charge in [0.15, 0.2) is 0 Å². The fourth-order valence-electron chi connectivity index (χ4n) is 1.98. The molecular formula is C15H17BrO2. The van der Waals surface area contributed by atoms with Crippen molar-refractivity contribution in [3.05, 3.63) is 45.6 Å². The Labute approximate surface area is 116 Å². The molecule has 96 valence electrons. The van der Waals surface area contributed by atoms with Gasteiger partial charge in [0.05, 0.1) is 0 Å². The Bertz CT molecular complexity index is 534. The van der Waals surface area contributed by atoms with Crippen molar-refractivity contribution in [1.82, 2.24) is 0 Å². The lowest BCUT2D eigenvalue weighted by Gasteiger charge is -2.07. The Morgan fingerprint density at radius 1 is 1.22 bits per heavy atom. The summed E-state index contributed by atoms with van der Waals surface area (Å²) in [5.41, 5.74) is 3.40. The van der Waals surface area contributed by atoms with Crippen LogP contribution in [0.2, 0.25) is 0 Å². The molecule has 3 heteroatoms. The third-order valence-electron chi connectivity index (χ3n) is 3.06. The van der Waals surface area contributed by atoms with Gasteiger partial charge in [-0.2, -0.15) is 0 Å². The van der Waals surface area contributed by atoms with Gasteiger partial charge in [-0.15, -0.1) is 0 Å². The van der Waals surface area contributed by atoms with Crippen molar-refractivity contribution in [1.29, 1.82) is 0 Å². The van der Waals surface area contributed by atoms with Crippen LogP contribution < -0.4 is 0 Å². The first kappa shape index (κ1) is 13.4. The molecular weight excluding hydrogens is 292 g/mol. The molecule has 0 spiro atoms. The van der Waals surface area contributed by atoms with Gasteiger partial charge in [-0.1, -0.05) is 22.9 Å². The Balaban J connectivity index is 2.40. The lowest BCUT2D eigenvalue weighted by Crippen LogP contribution is -1.91. The highest BCUT2D eigenvalue weighted by Gasteiger charge is 2.12. The van der Waals surface area contributed by atoms with E-state index in [1.165, 1.54) is 11.1 Å². The maximum absolute atomic E-state index is 9.74. The average molecular weight is 309 g/mol. The SMILES string of the molecule is CCC(O)c1ccc(-c2cc(C)c(Br)c(C)c2)o1. The number of hydrogen-bond donors (Lipinski definition) is 1. The molecule has 0 aliphatic carbocycles. The summed E-state index contributed by atoms with van der Waals surface area (Å²) in [5.74, 6) is 1.43. The minimum Gasteiger partial charge on any atom is -0.458 e. The van der Waals surface area contributed by atoms with E-state index in [2.05, 4.69) is 41.9 Å². The van der Waals surface area contributed by atoms with Crippen molar-refractivity contribution < 1.29 is 9.52 Å². The Hall–Kier alpha value is -1.06. The van der Waals surface area contributed by atoms with Gasteiger partial charge in [0.2, 0.25) is 0 Å². The lowest BCUT2D eigenvalue weighted by atomic mass is 10.1. The summed E-state index contributed by atoms with van der Waals surface area (Å²) in [7, 11) is 0. The topological polar surface area (TPSA) is 33.4 Å². The van der Waals surface area contributed by atoms with E-state index in [0.29, 0.717) is 12.2 Å². The molecule has 1 aromatic carbocycles. The first-order valence-corrected chi connectivity index (χ1v) is 6.87. The molecule has 1 atom stereocenters. The van der Waals surface area contributed by atoms with Crippen LogP contribution in [-0.4, -0.2) is 5.11 Å². The molecule has 0 saturated heterocycles. The van der Waals surface area contributed by atoms with Gasteiger partial charge in [-0.05, 0) is 55.7 Å². The minimum atomic E-state index is -0.517. The normalized spacial score (nSPS) is 12.7. The smallest absolute Gasteiger partial charge is 0.134 e. The molecule has 1 heterocycles. The van der Waals surface area contributed by atoms with Crippen LogP contribution >= 0.6 is 15.9 Å². The van der Waals surface area contributed by atoms with Gasteiger partial charge in [0, 0.05) is 10.0 Å². The lowest BCUT2D eigenvalue weighted by molar-refractivity contribution is 0.147. The first-order chi connectivity index (χ1) is 8.52. The molecule has 1 unspecified atom stereocenters. The molecule has 0 amide bonds. The van der Waals surface area contributed by atoms with Crippen molar-refractivity contribution >= 4 is 15.9 Å². The van der Waals surface area contributed by atoms with Crippen LogP contribution in [0.15, 0.2) is 33.2 Å². The molecule has 2 nitrogen and oxygen atoms in total. The van der Waals surface area contributed by atoms with E-state index in [4.69, 9.17) is 4.42 Å². The van der Waals surface area contributed by atoms with Crippen LogP contribution in [0.3, 0.4) is 0 Å². The van der Waals surface area contributed by atoms with Gasteiger partial charge < -0.3 is 9.52 Å². The fraction of sp³-hybridized carbons (Fsp3) is 0.333. The molecule has 1 aromatic heterocycles. The van der Waals surface area contributed by atoms with E-state index in [1.54, 1.807) is 0 Å². The summed E-state index contributed by atoms with van der Waals surface area (Å²) in [6.45, 7) is 6.05. The highest BCUT2D eigenvalue weighted by atomic mass is 79.9. The summed E-state index contributed by atoms with van der Waals surface area (Å²) in [6, 6.07) is 7.92. The summed E-state index contributed by atoms with van der Waals surface area (Å²) >= 11 is 3.55. The van der Waals surface area contributed by atoms with Crippen LogP contribution in [0.1, 0.15) is 36.3 Å². The van der Waals surface area contributed by atoms with Gasteiger partial charge in [-0.25, -0.2) is 0 Å². The predicted octanol–water partition coefficient (Wildman–Crippen LogP) is 4.77. The number of hydrogen-bond acceptors (Lipinski definition) is 2. The zero-order valence-corrected chi connectivity index (χ0v) is 12.4. The van der Waals surface area contributed by atoms with E-state index in [9.17, 15) is 5.11 Å². The Morgan fingerprint density at radius 2 is 1.83 bits per heavy atom. The summed E-state index contributed by atoms with van der Waals surface area (Å²) in [5, 5.41) is 9.74. The molecule has 0 radical (unpaired) electrons. The average Bonchev–Trinajstić information content (AvgIpc) is 2.84. The number of halogens is 1. The van der Waals surface area contributed by atoms with Crippen molar-refractivity contribution in [2.75, 3.05) is 0 Å². The highest BCUT2D eigenvalue weighted by molar-refractivity contribution is 9.10. The molecule has 2 rings (SSSR count). The van der Waals surface area contributed by atoms with E-state index >= 15 is 0 Å². The van der Waals surface area contributed by atoms with E-state index in [1.807, 2.05) is 19.1 Å². The number of aryl methyl sites for hydroxylation is 2. The van der Waals surface area contributed by atoms with Crippen LogP contribution in [0.25, 0.3) is 11.3 Å². The predicted molar refractivity (Wildman–Crippen MR) is 76.6 cm³/mol. The maximum atomic E-state index is 9.74. The fourth-order valence-corrected chi connectivity index (χ4v) is 2.21. The summed E-state index contributed by atoms with van der Waals surface area (Å²) < 4.78 is 6.84. The molecule has 1 N–H and O–H groups in total. The molecule has 0 aliphatic rings. The molecule has 0 bridgehead atoms. The van der Waals surface area contributed by atoms with Crippen molar-refractivity contribution in [3.8, 4) is 11.3 Å². The van der Waals surface area contributed by atoms with Gasteiger partial charge in [0.25, 0.3) is 0 Å². The quantitative estimate of drug-likeness (QED) is 0.886. The first-order valence-electron chi connectivity index (χ1n) is 6.07. The molecule has 0 saturated carbocycles. The molecule has 0 aliphatic heterocycles. The minimum absolute atomic E-state index is 0.517. The summed E-state index contributed by atoms with van der Waals surface area (Å²) in [6.07, 6.45) is 0.141. The molecule has 0 fully saturated rings. The second-order valence-corrected chi connectivity index (χ2v) is 5.34. The van der Waals surface area contributed by atoms with Crippen LogP contribution in [0.4, 0.5) is 0 Å².